The maximum Gasteiger partial charge on any atom is 0.305 e. The highest BCUT2D eigenvalue weighted by atomic mass is 127. The first-order valence-corrected chi connectivity index (χ1v) is 11.7. The van der Waals surface area contributed by atoms with E-state index >= 15 is 0 Å². The molecule has 1 heterocycles. The number of hydrogen-bond donors (Lipinski definition) is 2. The first-order valence-electron chi connectivity index (χ1n) is 11.7. The Morgan fingerprint density at radius 1 is 1.12 bits per heavy atom. The second kappa shape index (κ2) is 17.8. The minimum Gasteiger partial charge on any atom is -0.497 e. The number of esters is 1. The van der Waals surface area contributed by atoms with E-state index in [2.05, 4.69) is 32.7 Å². The molecule has 0 aromatic heterocycles. The van der Waals surface area contributed by atoms with Gasteiger partial charge in [0.1, 0.15) is 5.75 Å². The first kappa shape index (κ1) is 29.4. The molecule has 0 bridgehead atoms. The molecule has 1 aliphatic rings. The summed E-state index contributed by atoms with van der Waals surface area (Å²) >= 11 is 0. The van der Waals surface area contributed by atoms with E-state index in [-0.39, 0.29) is 36.0 Å². The van der Waals surface area contributed by atoms with Gasteiger partial charge in [0.05, 0.1) is 33.0 Å². The lowest BCUT2D eigenvalue weighted by atomic mass is 10.0. The standard InChI is InChI=1S/C24H40N4O4.HI/c1-4-32-23(29)9-7-5-6-8-14-26-24(25-2)27-19-22(28-15-17-31-18-16-28)20-10-12-21(30-3)13-11-20;/h10-13,22H,4-9,14-19H2,1-3H3,(H2,25,26,27);1H. The summed E-state index contributed by atoms with van der Waals surface area (Å²) in [5, 5.41) is 6.89. The molecule has 2 rings (SSSR count). The Kier molecular flexibility index (Phi) is 15.9. The maximum absolute atomic E-state index is 11.4. The summed E-state index contributed by atoms with van der Waals surface area (Å²) in [6, 6.07) is 8.52. The third-order valence-electron chi connectivity index (χ3n) is 5.58. The number of aliphatic imine (C=N–C) groups is 1. The Balaban J connectivity index is 0.00000544. The Bertz CT molecular complexity index is 682. The largest absolute Gasteiger partial charge is 0.497 e. The van der Waals surface area contributed by atoms with E-state index < -0.39 is 0 Å². The van der Waals surface area contributed by atoms with E-state index in [9.17, 15) is 4.79 Å². The number of halogens is 1. The van der Waals surface area contributed by atoms with Gasteiger partial charge in [-0.1, -0.05) is 25.0 Å². The quantitative estimate of drug-likeness (QED) is 0.123. The first-order chi connectivity index (χ1) is 15.7. The fraction of sp³-hybridized carbons (Fsp3) is 0.667. The number of hydrogen-bond acceptors (Lipinski definition) is 6. The highest BCUT2D eigenvalue weighted by Gasteiger charge is 2.23. The number of nitrogens with zero attached hydrogens (tertiary/aromatic N) is 2. The molecule has 0 aliphatic carbocycles. The van der Waals surface area contributed by atoms with E-state index in [1.807, 2.05) is 19.1 Å². The van der Waals surface area contributed by atoms with E-state index in [1.165, 1.54) is 5.56 Å². The Labute approximate surface area is 215 Å². The van der Waals surface area contributed by atoms with Crippen LogP contribution in [0.5, 0.6) is 5.75 Å². The van der Waals surface area contributed by atoms with Gasteiger partial charge < -0.3 is 24.8 Å². The topological polar surface area (TPSA) is 84.4 Å². The summed E-state index contributed by atoms with van der Waals surface area (Å²) in [5.41, 5.74) is 1.25. The summed E-state index contributed by atoms with van der Waals surface area (Å²) in [7, 11) is 3.48. The molecule has 1 aromatic carbocycles. The van der Waals surface area contributed by atoms with Crippen LogP contribution >= 0.6 is 24.0 Å². The number of ether oxygens (including phenoxy) is 3. The number of carbonyl (C=O) groups is 1. The van der Waals surface area contributed by atoms with Gasteiger partial charge in [-0.25, -0.2) is 0 Å². The Morgan fingerprint density at radius 2 is 1.82 bits per heavy atom. The molecule has 0 spiro atoms. The van der Waals surface area contributed by atoms with Crippen LogP contribution in [0.15, 0.2) is 29.3 Å². The third kappa shape index (κ3) is 11.4. The van der Waals surface area contributed by atoms with Crippen molar-refractivity contribution in [1.29, 1.82) is 0 Å². The molecular weight excluding hydrogens is 535 g/mol. The number of morpholine rings is 1. The van der Waals surface area contributed by atoms with Crippen molar-refractivity contribution in [1.82, 2.24) is 15.5 Å². The Morgan fingerprint density at radius 3 is 2.45 bits per heavy atom. The zero-order valence-corrected chi connectivity index (χ0v) is 22.6. The SMILES string of the molecule is CCOC(=O)CCCCCCNC(=NC)NCC(c1ccc(OC)cc1)N1CCOCC1.I. The number of benzene rings is 1. The summed E-state index contributed by atoms with van der Waals surface area (Å²) < 4.78 is 15.8. The number of rotatable bonds is 13. The minimum absolute atomic E-state index is 0. The van der Waals surface area contributed by atoms with Crippen molar-refractivity contribution in [3.05, 3.63) is 29.8 Å². The molecule has 2 N–H and O–H groups in total. The molecule has 188 valence electrons. The molecule has 0 radical (unpaired) electrons. The highest BCUT2D eigenvalue weighted by molar-refractivity contribution is 14.0. The Hall–Kier alpha value is -1.59. The third-order valence-corrected chi connectivity index (χ3v) is 5.58. The lowest BCUT2D eigenvalue weighted by molar-refractivity contribution is -0.143. The van der Waals surface area contributed by atoms with Crippen molar-refractivity contribution in [3.63, 3.8) is 0 Å². The lowest BCUT2D eigenvalue weighted by Gasteiger charge is -2.35. The van der Waals surface area contributed by atoms with Gasteiger partial charge >= 0.3 is 5.97 Å². The number of nitrogens with one attached hydrogen (secondary N) is 2. The minimum atomic E-state index is -0.0955. The average molecular weight is 577 g/mol. The molecule has 33 heavy (non-hydrogen) atoms. The van der Waals surface area contributed by atoms with Crippen LogP contribution in [-0.4, -0.2) is 77.0 Å². The molecule has 0 amide bonds. The van der Waals surface area contributed by atoms with Gasteiger partial charge in [0, 0.05) is 39.6 Å². The molecule has 1 fully saturated rings. The highest BCUT2D eigenvalue weighted by Crippen LogP contribution is 2.23. The van der Waals surface area contributed by atoms with Gasteiger partial charge in [0.15, 0.2) is 5.96 Å². The summed E-state index contributed by atoms with van der Waals surface area (Å²) in [5.74, 6) is 1.58. The van der Waals surface area contributed by atoms with Gasteiger partial charge in [0.25, 0.3) is 0 Å². The zero-order valence-electron chi connectivity index (χ0n) is 20.3. The molecular formula is C24H41IN4O4. The number of unbranched alkanes of at least 4 members (excludes halogenated alkanes) is 3. The normalized spacial score (nSPS) is 15.3. The molecule has 1 saturated heterocycles. The van der Waals surface area contributed by atoms with Gasteiger partial charge in [-0.3, -0.25) is 14.7 Å². The van der Waals surface area contributed by atoms with Gasteiger partial charge in [-0.15, -0.1) is 24.0 Å². The van der Waals surface area contributed by atoms with Crippen LogP contribution < -0.4 is 15.4 Å². The second-order valence-electron chi connectivity index (χ2n) is 7.79. The summed E-state index contributed by atoms with van der Waals surface area (Å²) in [4.78, 5) is 18.2. The molecule has 8 nitrogen and oxygen atoms in total. The van der Waals surface area contributed by atoms with Crippen LogP contribution in [0.4, 0.5) is 0 Å². The van der Waals surface area contributed by atoms with Crippen molar-refractivity contribution < 1.29 is 19.0 Å². The van der Waals surface area contributed by atoms with Crippen molar-refractivity contribution in [3.8, 4) is 5.75 Å². The van der Waals surface area contributed by atoms with E-state index in [4.69, 9.17) is 14.2 Å². The second-order valence-corrected chi connectivity index (χ2v) is 7.79. The smallest absolute Gasteiger partial charge is 0.305 e. The van der Waals surface area contributed by atoms with Crippen molar-refractivity contribution in [2.75, 3.05) is 60.2 Å². The molecule has 9 heteroatoms. The van der Waals surface area contributed by atoms with Crippen LogP contribution in [0.25, 0.3) is 0 Å². The van der Waals surface area contributed by atoms with Crippen molar-refractivity contribution >= 4 is 35.9 Å². The fourth-order valence-electron chi connectivity index (χ4n) is 3.77. The predicted octanol–water partition coefficient (Wildman–Crippen LogP) is 3.37. The van der Waals surface area contributed by atoms with Crippen molar-refractivity contribution in [2.24, 2.45) is 4.99 Å². The lowest BCUT2D eigenvalue weighted by Crippen LogP contribution is -2.46. The molecule has 1 aliphatic heterocycles. The molecule has 0 saturated carbocycles. The van der Waals surface area contributed by atoms with E-state index in [0.29, 0.717) is 13.0 Å². The predicted molar refractivity (Wildman–Crippen MR) is 143 cm³/mol. The van der Waals surface area contributed by atoms with E-state index in [1.54, 1.807) is 14.2 Å². The molecule has 1 unspecified atom stereocenters. The van der Waals surface area contributed by atoms with E-state index in [0.717, 1.165) is 76.8 Å². The van der Waals surface area contributed by atoms with Crippen LogP contribution in [-0.2, 0) is 14.3 Å². The van der Waals surface area contributed by atoms with Crippen LogP contribution in [0.2, 0.25) is 0 Å². The van der Waals surface area contributed by atoms with Gasteiger partial charge in [-0.2, -0.15) is 0 Å². The number of methoxy groups -OCH3 is 1. The fourth-order valence-corrected chi connectivity index (χ4v) is 3.77. The van der Waals surface area contributed by atoms with Crippen LogP contribution in [0.3, 0.4) is 0 Å². The van der Waals surface area contributed by atoms with Crippen LogP contribution in [0.1, 0.15) is 50.6 Å². The molecule has 1 aromatic rings. The number of guanidine groups is 1. The van der Waals surface area contributed by atoms with Gasteiger partial charge in [0.2, 0.25) is 0 Å². The maximum atomic E-state index is 11.4. The van der Waals surface area contributed by atoms with Crippen molar-refractivity contribution in [2.45, 2.75) is 45.1 Å². The number of carbonyl (C=O) groups excluding carboxylic acids is 1. The average Bonchev–Trinajstić information content (AvgIpc) is 2.83. The molecule has 1 atom stereocenters. The van der Waals surface area contributed by atoms with Crippen LogP contribution in [0, 0.1) is 0 Å². The summed E-state index contributed by atoms with van der Waals surface area (Å²) in [6.07, 6.45) is 4.54. The monoisotopic (exact) mass is 576 g/mol. The zero-order chi connectivity index (χ0) is 23.0. The van der Waals surface area contributed by atoms with Gasteiger partial charge in [-0.05, 0) is 37.5 Å². The summed E-state index contributed by atoms with van der Waals surface area (Å²) in [6.45, 7) is 7.25.